The normalized spacial score (nSPS) is 33.5. The maximum atomic E-state index is 11.8. The summed E-state index contributed by atoms with van der Waals surface area (Å²) in [7, 11) is 1.30. The summed E-state index contributed by atoms with van der Waals surface area (Å²) in [5.74, 6) is -0.246. The molecule has 2 aliphatic carbocycles. The van der Waals surface area contributed by atoms with Gasteiger partial charge in [0.05, 0.1) is 13.4 Å². The molecule has 0 spiro atoms. The number of hydrogen-bond acceptors (Lipinski definition) is 4. The number of esters is 1. The minimum Gasteiger partial charge on any atom is -0.464 e. The molecule has 0 N–H and O–H groups in total. The van der Waals surface area contributed by atoms with E-state index in [-0.39, 0.29) is 6.10 Å². The predicted octanol–water partition coefficient (Wildman–Crippen LogP) is 3.37. The van der Waals surface area contributed by atoms with Crippen molar-refractivity contribution in [3.63, 3.8) is 0 Å². The fourth-order valence-corrected chi connectivity index (χ4v) is 3.05. The summed E-state index contributed by atoms with van der Waals surface area (Å²) in [6.07, 6.45) is 10.6. The molecule has 0 aromatic rings. The first-order valence-corrected chi connectivity index (χ1v) is 7.53. The molecule has 3 aliphatic rings. The van der Waals surface area contributed by atoms with Crippen molar-refractivity contribution in [2.75, 3.05) is 7.11 Å². The van der Waals surface area contributed by atoms with Crippen LogP contribution in [-0.2, 0) is 19.0 Å². The number of halogens is 1. The summed E-state index contributed by atoms with van der Waals surface area (Å²) in [6, 6.07) is 0. The molecule has 116 valence electrons. The van der Waals surface area contributed by atoms with Crippen LogP contribution in [0.15, 0.2) is 58.4 Å². The van der Waals surface area contributed by atoms with Gasteiger partial charge in [-0.1, -0.05) is 30.7 Å². The maximum absolute atomic E-state index is 11.8. The van der Waals surface area contributed by atoms with Crippen LogP contribution in [0.2, 0.25) is 0 Å². The monoisotopic (exact) mass is 320 g/mol. The third-order valence-corrected chi connectivity index (χ3v) is 4.15. The van der Waals surface area contributed by atoms with E-state index < -0.39 is 12.3 Å². The Morgan fingerprint density at radius 1 is 1.41 bits per heavy atom. The van der Waals surface area contributed by atoms with E-state index in [1.54, 1.807) is 12.3 Å². The average molecular weight is 321 g/mol. The van der Waals surface area contributed by atoms with Gasteiger partial charge in [0.15, 0.2) is 0 Å². The molecule has 0 aromatic heterocycles. The Labute approximate surface area is 134 Å². The van der Waals surface area contributed by atoms with Crippen LogP contribution in [0.4, 0.5) is 0 Å². The van der Waals surface area contributed by atoms with Crippen LogP contribution in [0, 0.1) is 5.92 Å². The standard InChI is InChI=1S/C17H17ClO4/c1-10-4-3-5-11-9-21-17(16(19)20-2)22-14-7-6-12(18)8-13(14)15(10)11/h3,5-10,14,17H,4H2,1-2H3/b11-9?,15-13-. The third kappa shape index (κ3) is 2.76. The molecule has 1 aliphatic heterocycles. The first-order valence-electron chi connectivity index (χ1n) is 7.15. The van der Waals surface area contributed by atoms with Gasteiger partial charge in [-0.25, -0.2) is 4.79 Å². The van der Waals surface area contributed by atoms with Crippen LogP contribution in [0.25, 0.3) is 0 Å². The molecule has 3 rings (SSSR count). The lowest BCUT2D eigenvalue weighted by Crippen LogP contribution is -2.34. The van der Waals surface area contributed by atoms with Gasteiger partial charge in [0.2, 0.25) is 0 Å². The number of methoxy groups -OCH3 is 1. The second-order valence-electron chi connectivity index (χ2n) is 5.42. The SMILES string of the molecule is COC(=O)C1OC=C2C=CCC(C)/C2=C2\C=C(Cl)C=CC2O1. The van der Waals surface area contributed by atoms with Gasteiger partial charge in [-0.05, 0) is 41.7 Å². The van der Waals surface area contributed by atoms with E-state index in [9.17, 15) is 4.79 Å². The van der Waals surface area contributed by atoms with Gasteiger partial charge in [-0.3, -0.25) is 0 Å². The lowest BCUT2D eigenvalue weighted by Gasteiger charge is -2.32. The van der Waals surface area contributed by atoms with Crippen molar-refractivity contribution < 1.29 is 19.0 Å². The van der Waals surface area contributed by atoms with E-state index in [0.717, 1.165) is 23.1 Å². The van der Waals surface area contributed by atoms with Crippen molar-refractivity contribution in [3.05, 3.63) is 58.4 Å². The van der Waals surface area contributed by atoms with E-state index >= 15 is 0 Å². The van der Waals surface area contributed by atoms with Crippen LogP contribution >= 0.6 is 11.6 Å². The zero-order valence-electron chi connectivity index (χ0n) is 12.4. The van der Waals surface area contributed by atoms with Crippen LogP contribution < -0.4 is 0 Å². The Morgan fingerprint density at radius 2 is 2.23 bits per heavy atom. The third-order valence-electron chi connectivity index (χ3n) is 3.91. The number of fused-ring (bicyclic) bond motifs is 2. The molecule has 3 unspecified atom stereocenters. The second kappa shape index (κ2) is 6.15. The Kier molecular flexibility index (Phi) is 4.23. The molecule has 0 saturated heterocycles. The molecular formula is C17H17ClO4. The van der Waals surface area contributed by atoms with Crippen LogP contribution in [-0.4, -0.2) is 25.5 Å². The fourth-order valence-electron chi connectivity index (χ4n) is 2.86. The summed E-state index contributed by atoms with van der Waals surface area (Å²) in [5, 5.41) is 0.638. The van der Waals surface area contributed by atoms with E-state index in [4.69, 9.17) is 25.8 Å². The molecule has 0 amide bonds. The van der Waals surface area contributed by atoms with Gasteiger partial charge >= 0.3 is 5.97 Å². The molecular weight excluding hydrogens is 304 g/mol. The largest absolute Gasteiger partial charge is 0.464 e. The smallest absolute Gasteiger partial charge is 0.376 e. The Hall–Kier alpha value is -1.78. The van der Waals surface area contributed by atoms with Gasteiger partial charge in [0.1, 0.15) is 6.10 Å². The maximum Gasteiger partial charge on any atom is 0.376 e. The van der Waals surface area contributed by atoms with Crippen molar-refractivity contribution in [2.24, 2.45) is 5.92 Å². The highest BCUT2D eigenvalue weighted by molar-refractivity contribution is 6.31. The molecule has 0 bridgehead atoms. The average Bonchev–Trinajstić information content (AvgIpc) is 2.50. The predicted molar refractivity (Wildman–Crippen MR) is 82.9 cm³/mol. The van der Waals surface area contributed by atoms with Crippen molar-refractivity contribution in [1.29, 1.82) is 0 Å². The van der Waals surface area contributed by atoms with Gasteiger partial charge in [0.25, 0.3) is 6.29 Å². The van der Waals surface area contributed by atoms with Crippen molar-refractivity contribution in [3.8, 4) is 0 Å². The lowest BCUT2D eigenvalue weighted by atomic mass is 9.81. The van der Waals surface area contributed by atoms with Gasteiger partial charge in [-0.2, -0.15) is 0 Å². The molecule has 4 nitrogen and oxygen atoms in total. The van der Waals surface area contributed by atoms with Crippen LogP contribution in [0.5, 0.6) is 0 Å². The van der Waals surface area contributed by atoms with E-state index in [2.05, 4.69) is 13.0 Å². The topological polar surface area (TPSA) is 44.8 Å². The molecule has 0 radical (unpaired) electrons. The minimum absolute atomic E-state index is 0.322. The first kappa shape index (κ1) is 15.1. The van der Waals surface area contributed by atoms with Crippen molar-refractivity contribution in [2.45, 2.75) is 25.7 Å². The zero-order chi connectivity index (χ0) is 15.7. The molecule has 3 atom stereocenters. The minimum atomic E-state index is -1.10. The highest BCUT2D eigenvalue weighted by Crippen LogP contribution is 2.38. The van der Waals surface area contributed by atoms with Crippen LogP contribution in [0.1, 0.15) is 13.3 Å². The summed E-state index contributed by atoms with van der Waals surface area (Å²) in [4.78, 5) is 11.8. The first-order chi connectivity index (χ1) is 10.6. The Balaban J connectivity index is 2.09. The van der Waals surface area contributed by atoms with E-state index in [1.807, 2.05) is 18.2 Å². The summed E-state index contributed by atoms with van der Waals surface area (Å²) < 4.78 is 16.0. The second-order valence-corrected chi connectivity index (χ2v) is 5.85. The van der Waals surface area contributed by atoms with Gasteiger partial charge < -0.3 is 14.2 Å². The number of hydrogen-bond donors (Lipinski definition) is 0. The Bertz CT molecular complexity index is 639. The summed E-state index contributed by atoms with van der Waals surface area (Å²) >= 11 is 6.16. The summed E-state index contributed by atoms with van der Waals surface area (Å²) in [6.45, 7) is 2.15. The molecule has 5 heteroatoms. The van der Waals surface area contributed by atoms with Gasteiger partial charge in [0, 0.05) is 10.6 Å². The quantitative estimate of drug-likeness (QED) is 0.695. The molecule has 1 heterocycles. The zero-order valence-corrected chi connectivity index (χ0v) is 13.2. The highest BCUT2D eigenvalue weighted by atomic mass is 35.5. The van der Waals surface area contributed by atoms with E-state index in [0.29, 0.717) is 11.0 Å². The number of carbonyl (C=O) groups is 1. The molecule has 0 fully saturated rings. The number of allylic oxidation sites excluding steroid dienone is 6. The molecule has 22 heavy (non-hydrogen) atoms. The number of rotatable bonds is 1. The van der Waals surface area contributed by atoms with E-state index in [1.165, 1.54) is 7.11 Å². The van der Waals surface area contributed by atoms with Crippen molar-refractivity contribution >= 4 is 17.6 Å². The number of ether oxygens (including phenoxy) is 3. The molecule has 0 saturated carbocycles. The lowest BCUT2D eigenvalue weighted by molar-refractivity contribution is -0.185. The molecule has 0 aromatic carbocycles. The van der Waals surface area contributed by atoms with Crippen molar-refractivity contribution in [1.82, 2.24) is 0 Å². The van der Waals surface area contributed by atoms with Gasteiger partial charge in [-0.15, -0.1) is 0 Å². The fraction of sp³-hybridized carbons (Fsp3) is 0.353. The Morgan fingerprint density at radius 3 is 3.00 bits per heavy atom. The number of carbonyl (C=O) groups excluding carboxylic acids is 1. The van der Waals surface area contributed by atoms with Crippen LogP contribution in [0.3, 0.4) is 0 Å². The summed E-state index contributed by atoms with van der Waals surface area (Å²) in [5.41, 5.74) is 3.04. The highest BCUT2D eigenvalue weighted by Gasteiger charge is 2.32.